The smallest absolute Gasteiger partial charge is 0.138 e. The van der Waals surface area contributed by atoms with Gasteiger partial charge in [-0.05, 0) is 35.0 Å². The lowest BCUT2D eigenvalue weighted by Gasteiger charge is -2.07. The van der Waals surface area contributed by atoms with Gasteiger partial charge in [-0.25, -0.2) is 0 Å². The van der Waals surface area contributed by atoms with Crippen molar-refractivity contribution in [3.05, 3.63) is 35.0 Å². The first kappa shape index (κ1) is 25.6. The van der Waals surface area contributed by atoms with Crippen molar-refractivity contribution < 1.29 is 28.4 Å². The summed E-state index contributed by atoms with van der Waals surface area (Å²) in [6, 6.07) is 8.59. The van der Waals surface area contributed by atoms with Crippen LogP contribution >= 0.6 is 45.3 Å². The highest BCUT2D eigenvalue weighted by Crippen LogP contribution is 2.48. The summed E-state index contributed by atoms with van der Waals surface area (Å²) in [4.78, 5) is 4.80. The molecule has 0 atom stereocenters. The lowest BCUT2D eigenvalue weighted by molar-refractivity contribution is 0.0546. The van der Waals surface area contributed by atoms with Gasteiger partial charge in [0.2, 0.25) is 0 Å². The van der Waals surface area contributed by atoms with E-state index in [0.29, 0.717) is 52.9 Å². The van der Waals surface area contributed by atoms with Crippen LogP contribution < -0.4 is 9.47 Å². The summed E-state index contributed by atoms with van der Waals surface area (Å²) < 4.78 is 35.5. The Bertz CT molecular complexity index is 1010. The minimum atomic E-state index is 0.524. The van der Waals surface area contributed by atoms with Crippen LogP contribution in [0, 0.1) is 0 Å². The van der Waals surface area contributed by atoms with Crippen LogP contribution in [0.15, 0.2) is 35.0 Å². The van der Waals surface area contributed by atoms with Crippen molar-refractivity contribution in [2.75, 3.05) is 67.1 Å². The van der Waals surface area contributed by atoms with E-state index in [-0.39, 0.29) is 0 Å². The number of ether oxygens (including phenoxy) is 6. The van der Waals surface area contributed by atoms with Crippen LogP contribution in [-0.2, 0) is 18.9 Å². The highest BCUT2D eigenvalue weighted by atomic mass is 32.1. The molecule has 0 radical (unpaired) electrons. The molecule has 0 bridgehead atoms. The molecule has 0 saturated carbocycles. The third-order valence-corrected chi connectivity index (χ3v) is 9.19. The predicted molar refractivity (Wildman–Crippen MR) is 143 cm³/mol. The zero-order valence-electron chi connectivity index (χ0n) is 19.2. The maximum atomic E-state index is 5.97. The van der Waals surface area contributed by atoms with Crippen molar-refractivity contribution >= 4 is 54.7 Å². The van der Waals surface area contributed by atoms with Gasteiger partial charge in [-0.1, -0.05) is 0 Å². The molecule has 184 valence electrons. The lowest BCUT2D eigenvalue weighted by atomic mass is 10.3. The van der Waals surface area contributed by atoms with Crippen LogP contribution in [0.1, 0.15) is 0 Å². The molecule has 4 rings (SSSR count). The van der Waals surface area contributed by atoms with E-state index in [1.807, 2.05) is 12.1 Å². The standard InChI is InChI=1S/C24H28O6S4/c1-25-5-7-27-9-11-29-17-3-13-31-23(17)21-15-19-20(33-21)16-22(34-19)24-18(4-14-32-24)30-12-10-28-8-6-26-2/h3-4,13-16H,5-12H2,1-2H3. The minimum Gasteiger partial charge on any atom is -0.490 e. The SMILES string of the molecule is COCCOCCOc1ccsc1-c1cc2sc(-c3sccc3OCCOCCOC)cc2s1. The van der Waals surface area contributed by atoms with E-state index >= 15 is 0 Å². The highest BCUT2D eigenvalue weighted by molar-refractivity contribution is 7.33. The number of rotatable bonds is 16. The highest BCUT2D eigenvalue weighted by Gasteiger charge is 2.17. The largest absolute Gasteiger partial charge is 0.490 e. The Morgan fingerprint density at radius 2 is 1.03 bits per heavy atom. The number of thiophene rings is 4. The Hall–Kier alpha value is -1.50. The molecule has 0 saturated heterocycles. The second kappa shape index (κ2) is 13.6. The lowest BCUT2D eigenvalue weighted by Crippen LogP contribution is -2.09. The van der Waals surface area contributed by atoms with Gasteiger partial charge in [0.05, 0.1) is 59.1 Å². The van der Waals surface area contributed by atoms with Crippen molar-refractivity contribution in [2.24, 2.45) is 0 Å². The van der Waals surface area contributed by atoms with Crippen LogP contribution in [0.25, 0.3) is 28.9 Å². The first-order valence-corrected chi connectivity index (χ1v) is 14.3. The number of hydrogen-bond donors (Lipinski definition) is 0. The fraction of sp³-hybridized carbons (Fsp3) is 0.417. The molecule has 0 unspecified atom stereocenters. The zero-order valence-corrected chi connectivity index (χ0v) is 22.5. The molecular weight excluding hydrogens is 513 g/mol. The topological polar surface area (TPSA) is 55.4 Å². The van der Waals surface area contributed by atoms with E-state index in [4.69, 9.17) is 28.4 Å². The van der Waals surface area contributed by atoms with Gasteiger partial charge < -0.3 is 28.4 Å². The van der Waals surface area contributed by atoms with E-state index < -0.39 is 0 Å². The van der Waals surface area contributed by atoms with Gasteiger partial charge in [0.25, 0.3) is 0 Å². The van der Waals surface area contributed by atoms with E-state index in [2.05, 4.69) is 22.9 Å². The van der Waals surface area contributed by atoms with Crippen LogP contribution in [0.2, 0.25) is 0 Å². The Morgan fingerprint density at radius 3 is 1.47 bits per heavy atom. The fourth-order valence-electron chi connectivity index (χ4n) is 3.15. The third kappa shape index (κ3) is 6.79. The maximum absolute atomic E-state index is 5.97. The fourth-order valence-corrected chi connectivity index (χ4v) is 7.47. The predicted octanol–water partition coefficient (Wildman–Crippen LogP) is 6.50. The Morgan fingerprint density at radius 1 is 0.588 bits per heavy atom. The van der Waals surface area contributed by atoms with Crippen molar-refractivity contribution in [3.8, 4) is 31.0 Å². The van der Waals surface area contributed by atoms with Crippen LogP contribution in [0.4, 0.5) is 0 Å². The Labute approximate surface area is 215 Å². The number of hydrogen-bond acceptors (Lipinski definition) is 10. The molecule has 0 aliphatic heterocycles. The van der Waals surface area contributed by atoms with Gasteiger partial charge in [-0.2, -0.15) is 0 Å². The molecule has 0 aliphatic rings. The normalized spacial score (nSPS) is 11.5. The summed E-state index contributed by atoms with van der Waals surface area (Å²) >= 11 is 7.01. The van der Waals surface area contributed by atoms with Gasteiger partial charge in [-0.15, -0.1) is 45.3 Å². The molecule has 4 heterocycles. The van der Waals surface area contributed by atoms with Crippen molar-refractivity contribution in [2.45, 2.75) is 0 Å². The van der Waals surface area contributed by atoms with Gasteiger partial charge in [0.1, 0.15) is 24.7 Å². The Balaban J connectivity index is 1.36. The van der Waals surface area contributed by atoms with E-state index in [1.165, 1.54) is 28.9 Å². The molecule has 34 heavy (non-hydrogen) atoms. The molecule has 4 aromatic heterocycles. The molecule has 0 N–H and O–H groups in total. The number of fused-ring (bicyclic) bond motifs is 1. The Kier molecular flexibility index (Phi) is 10.2. The van der Waals surface area contributed by atoms with E-state index in [9.17, 15) is 0 Å². The van der Waals surface area contributed by atoms with Gasteiger partial charge in [0.15, 0.2) is 0 Å². The summed E-state index contributed by atoms with van der Waals surface area (Å²) in [5.74, 6) is 1.83. The van der Waals surface area contributed by atoms with Crippen molar-refractivity contribution in [3.63, 3.8) is 0 Å². The molecule has 0 aromatic carbocycles. The average molecular weight is 541 g/mol. The van der Waals surface area contributed by atoms with Crippen LogP contribution in [-0.4, -0.2) is 67.1 Å². The summed E-state index contributed by atoms with van der Waals surface area (Å²) in [6.07, 6.45) is 0. The quantitative estimate of drug-likeness (QED) is 0.151. The van der Waals surface area contributed by atoms with E-state index in [0.717, 1.165) is 11.5 Å². The van der Waals surface area contributed by atoms with Crippen LogP contribution in [0.3, 0.4) is 0 Å². The third-order valence-electron chi connectivity index (χ3n) is 4.75. The van der Waals surface area contributed by atoms with Gasteiger partial charge >= 0.3 is 0 Å². The summed E-state index contributed by atoms with van der Waals surface area (Å²) in [6.45, 7) is 4.50. The maximum Gasteiger partial charge on any atom is 0.138 e. The molecule has 0 spiro atoms. The molecule has 0 amide bonds. The summed E-state index contributed by atoms with van der Waals surface area (Å²) in [7, 11) is 3.34. The minimum absolute atomic E-state index is 0.524. The first-order valence-electron chi connectivity index (χ1n) is 10.9. The number of methoxy groups -OCH3 is 2. The van der Waals surface area contributed by atoms with Crippen molar-refractivity contribution in [1.29, 1.82) is 0 Å². The van der Waals surface area contributed by atoms with Crippen molar-refractivity contribution in [1.82, 2.24) is 0 Å². The molecule has 10 heteroatoms. The molecule has 0 fully saturated rings. The average Bonchev–Trinajstić information content (AvgIpc) is 3.61. The zero-order chi connectivity index (χ0) is 23.6. The first-order chi connectivity index (χ1) is 16.8. The summed E-state index contributed by atoms with van der Waals surface area (Å²) in [5, 5.41) is 4.15. The summed E-state index contributed by atoms with van der Waals surface area (Å²) in [5.41, 5.74) is 0. The molecule has 4 aromatic rings. The molecule has 0 aliphatic carbocycles. The molecular formula is C24H28O6S4. The second-order valence-corrected chi connectivity index (χ2v) is 11.1. The van der Waals surface area contributed by atoms with Gasteiger partial charge in [-0.3, -0.25) is 0 Å². The monoisotopic (exact) mass is 540 g/mol. The molecule has 6 nitrogen and oxygen atoms in total. The van der Waals surface area contributed by atoms with E-state index in [1.54, 1.807) is 59.6 Å². The van der Waals surface area contributed by atoms with Crippen LogP contribution in [0.5, 0.6) is 11.5 Å². The van der Waals surface area contributed by atoms with Gasteiger partial charge in [0, 0.05) is 23.6 Å². The second-order valence-electron chi connectivity index (χ2n) is 7.09.